The quantitative estimate of drug-likeness (QED) is 0.147. The number of pyridine rings is 2. The summed E-state index contributed by atoms with van der Waals surface area (Å²) in [5.74, 6) is -0.273. The van der Waals surface area contributed by atoms with Crippen molar-refractivity contribution in [3.05, 3.63) is 107 Å². The van der Waals surface area contributed by atoms with Gasteiger partial charge in [-0.1, -0.05) is 22.6 Å². The molecule has 12 nitrogen and oxygen atoms in total. The van der Waals surface area contributed by atoms with Gasteiger partial charge in [0.2, 0.25) is 0 Å². The van der Waals surface area contributed by atoms with Gasteiger partial charge in [-0.05, 0) is 35.9 Å². The van der Waals surface area contributed by atoms with Crippen LogP contribution < -0.4 is 22.5 Å². The van der Waals surface area contributed by atoms with E-state index >= 15 is 0 Å². The van der Waals surface area contributed by atoms with E-state index < -0.39 is 46.2 Å². The van der Waals surface area contributed by atoms with Crippen LogP contribution in [0.5, 0.6) is 0 Å². The lowest BCUT2D eigenvalue weighted by molar-refractivity contribution is -0.144. The van der Waals surface area contributed by atoms with Crippen LogP contribution in [-0.2, 0) is 19.4 Å². The molecule has 0 bridgehead atoms. The maximum Gasteiger partial charge on any atom is 0.431 e. The first-order valence-corrected chi connectivity index (χ1v) is 13.3. The van der Waals surface area contributed by atoms with Crippen molar-refractivity contribution in [3.63, 3.8) is 0 Å². The molecule has 0 fully saturated rings. The number of halogens is 7. The number of alkyl halides is 7. The molecule has 0 atom stereocenters. The molecule has 0 amide bonds. The molecule has 4 aromatic heterocycles. The van der Waals surface area contributed by atoms with Crippen molar-refractivity contribution in [2.24, 2.45) is 12.0 Å². The number of nitrogens with zero attached hydrogens (tertiary/aromatic N) is 7. The molecule has 0 radical (unpaired) electrons. The van der Waals surface area contributed by atoms with Gasteiger partial charge in [-0.3, -0.25) is 19.1 Å². The summed E-state index contributed by atoms with van der Waals surface area (Å²) in [6.45, 7) is 3.27. The standard InChI is InChI=1S/C12H9F3N4O2.C11H5F3N4O2.CH3I/c1-16-7-3-4-9(17-6-7)19-10(20)5-8(12(13,14)15)18(2)11(19)21;12-11(13,14)7-3-9(19)18(10(20)17-7)8-2-1-6(4-15)5-16-8;1-2/h3-6H,1H2,2H3;1-3,5H,(H,17,20);1H3. The van der Waals surface area contributed by atoms with Crippen molar-refractivity contribution in [2.45, 2.75) is 12.4 Å². The monoisotopic (exact) mass is 722 g/mol. The van der Waals surface area contributed by atoms with Crippen LogP contribution in [0.1, 0.15) is 17.0 Å². The number of nitrogens with one attached hydrogen (secondary N) is 1. The van der Waals surface area contributed by atoms with E-state index in [4.69, 9.17) is 5.26 Å². The maximum absolute atomic E-state index is 12.7. The van der Waals surface area contributed by atoms with E-state index in [1.54, 1.807) is 11.1 Å². The largest absolute Gasteiger partial charge is 0.431 e. The zero-order chi connectivity index (χ0) is 32.7. The number of aromatic nitrogens is 6. The van der Waals surface area contributed by atoms with Crippen molar-refractivity contribution < 1.29 is 26.3 Å². The zero-order valence-electron chi connectivity index (χ0n) is 21.7. The van der Waals surface area contributed by atoms with Gasteiger partial charge >= 0.3 is 23.7 Å². The summed E-state index contributed by atoms with van der Waals surface area (Å²) < 4.78 is 76.7. The van der Waals surface area contributed by atoms with Gasteiger partial charge in [-0.2, -0.15) is 31.6 Å². The molecule has 0 aliphatic heterocycles. The third kappa shape index (κ3) is 8.12. The number of aliphatic imine (C=N–C) groups is 1. The van der Waals surface area contributed by atoms with E-state index in [1.807, 2.05) is 4.93 Å². The van der Waals surface area contributed by atoms with Crippen LogP contribution in [0.25, 0.3) is 11.6 Å². The van der Waals surface area contributed by atoms with Crippen molar-refractivity contribution in [1.29, 1.82) is 5.26 Å². The second-order valence-corrected chi connectivity index (χ2v) is 7.75. The van der Waals surface area contributed by atoms with Gasteiger partial charge < -0.3 is 4.98 Å². The molecule has 4 rings (SSSR count). The Bertz CT molecular complexity index is 1850. The summed E-state index contributed by atoms with van der Waals surface area (Å²) in [7, 11) is 0.931. The lowest BCUT2D eigenvalue weighted by atomic mass is 10.3. The lowest BCUT2D eigenvalue weighted by Gasteiger charge is -2.13. The molecule has 0 aromatic carbocycles. The minimum absolute atomic E-state index is 0.0956. The number of hydrogen-bond donors (Lipinski definition) is 1. The summed E-state index contributed by atoms with van der Waals surface area (Å²) >= 11 is 2.15. The Kier molecular flexibility index (Phi) is 11.1. The Morgan fingerprint density at radius 3 is 1.88 bits per heavy atom. The fourth-order valence-corrected chi connectivity index (χ4v) is 3.16. The summed E-state index contributed by atoms with van der Waals surface area (Å²) in [5.41, 5.74) is -6.85. The van der Waals surface area contributed by atoms with E-state index in [0.717, 1.165) is 13.2 Å². The molecule has 0 spiro atoms. The average molecular weight is 722 g/mol. The lowest BCUT2D eigenvalue weighted by Crippen LogP contribution is -2.41. The fourth-order valence-electron chi connectivity index (χ4n) is 3.16. The highest BCUT2D eigenvalue weighted by atomic mass is 127. The van der Waals surface area contributed by atoms with Crippen LogP contribution in [-0.4, -0.2) is 40.3 Å². The molecule has 0 unspecified atom stereocenters. The second-order valence-electron chi connectivity index (χ2n) is 7.75. The Labute approximate surface area is 249 Å². The molecule has 4 heterocycles. The van der Waals surface area contributed by atoms with Gasteiger partial charge in [-0.25, -0.2) is 28.7 Å². The van der Waals surface area contributed by atoms with E-state index in [9.17, 15) is 45.5 Å². The summed E-state index contributed by atoms with van der Waals surface area (Å²) in [6.07, 6.45) is -7.28. The van der Waals surface area contributed by atoms with E-state index in [-0.39, 0.29) is 23.3 Å². The van der Waals surface area contributed by atoms with Gasteiger partial charge in [0.1, 0.15) is 29.1 Å². The molecule has 19 heteroatoms. The second kappa shape index (κ2) is 13.9. The maximum atomic E-state index is 12.7. The fraction of sp³-hybridized carbons (Fsp3) is 0.167. The highest BCUT2D eigenvalue weighted by molar-refractivity contribution is 14.1. The van der Waals surface area contributed by atoms with Crippen LogP contribution in [0.15, 0.2) is 73.0 Å². The van der Waals surface area contributed by atoms with E-state index in [2.05, 4.69) is 44.3 Å². The molecule has 0 saturated carbocycles. The third-order valence-corrected chi connectivity index (χ3v) is 5.10. The van der Waals surface area contributed by atoms with Crippen LogP contribution in [0.4, 0.5) is 32.0 Å². The topological polar surface area (TPSA) is 161 Å². The predicted molar refractivity (Wildman–Crippen MR) is 149 cm³/mol. The van der Waals surface area contributed by atoms with Crippen LogP contribution in [0, 0.1) is 11.3 Å². The van der Waals surface area contributed by atoms with Crippen molar-refractivity contribution >= 4 is 35.0 Å². The van der Waals surface area contributed by atoms with Crippen molar-refractivity contribution in [2.75, 3.05) is 4.93 Å². The van der Waals surface area contributed by atoms with Gasteiger partial charge in [0.15, 0.2) is 0 Å². The number of nitriles is 1. The molecule has 43 heavy (non-hydrogen) atoms. The van der Waals surface area contributed by atoms with Crippen LogP contribution in [0.3, 0.4) is 0 Å². The Morgan fingerprint density at radius 2 is 1.44 bits per heavy atom. The normalized spacial score (nSPS) is 10.9. The SMILES string of the molecule is C=Nc1ccc(-n2c(=O)cc(C(F)(F)F)n(C)c2=O)nc1.CI.N#Cc1ccc(-n2c(=O)cc(C(F)(F)F)[nH]c2=O)nc1. The predicted octanol–water partition coefficient (Wildman–Crippen LogP) is 3.14. The number of H-pyrrole nitrogens is 1. The van der Waals surface area contributed by atoms with Crippen LogP contribution in [0.2, 0.25) is 0 Å². The molecule has 0 saturated heterocycles. The first-order chi connectivity index (χ1) is 20.1. The first-order valence-electron chi connectivity index (χ1n) is 11.1. The molecule has 4 aromatic rings. The Hall–Kier alpha value is -4.87. The Morgan fingerprint density at radius 1 is 0.884 bits per heavy atom. The van der Waals surface area contributed by atoms with Gasteiger partial charge in [0.05, 0.1) is 17.4 Å². The third-order valence-electron chi connectivity index (χ3n) is 5.10. The Balaban J connectivity index is 0.000000284. The summed E-state index contributed by atoms with van der Waals surface area (Å²) in [6, 6.07) is 7.58. The van der Waals surface area contributed by atoms with Gasteiger partial charge in [0, 0.05) is 25.4 Å². The summed E-state index contributed by atoms with van der Waals surface area (Å²) in [4.78, 5) is 61.5. The van der Waals surface area contributed by atoms with E-state index in [1.165, 1.54) is 30.5 Å². The van der Waals surface area contributed by atoms with Crippen molar-refractivity contribution in [3.8, 4) is 17.7 Å². The van der Waals surface area contributed by atoms with Crippen LogP contribution >= 0.6 is 22.6 Å². The van der Waals surface area contributed by atoms with E-state index in [0.29, 0.717) is 25.5 Å². The summed E-state index contributed by atoms with van der Waals surface area (Å²) in [5, 5.41) is 8.58. The first kappa shape index (κ1) is 34.3. The molecule has 1 N–H and O–H groups in total. The smallest absolute Gasteiger partial charge is 0.303 e. The minimum Gasteiger partial charge on any atom is -0.303 e. The average Bonchev–Trinajstić information content (AvgIpc) is 2.95. The van der Waals surface area contributed by atoms with Gasteiger partial charge in [-0.15, -0.1) is 0 Å². The molecular weight excluding hydrogens is 705 g/mol. The van der Waals surface area contributed by atoms with Crippen molar-refractivity contribution in [1.82, 2.24) is 28.7 Å². The number of aromatic amines is 1. The highest BCUT2D eigenvalue weighted by Crippen LogP contribution is 2.27. The highest BCUT2D eigenvalue weighted by Gasteiger charge is 2.35. The molecule has 0 aliphatic rings. The van der Waals surface area contributed by atoms with Gasteiger partial charge in [0.25, 0.3) is 11.1 Å². The molecule has 0 aliphatic carbocycles. The molecular formula is C24H17F6IN8O4. The minimum atomic E-state index is -4.82. The number of hydrogen-bond acceptors (Lipinski definition) is 8. The zero-order valence-corrected chi connectivity index (χ0v) is 23.9. The number of rotatable bonds is 3. The molecule has 226 valence electrons.